The van der Waals surface area contributed by atoms with E-state index in [1.54, 1.807) is 12.5 Å². The molecule has 0 fully saturated rings. The molecular weight excluding hydrogens is 272 g/mol. The number of benzene rings is 1. The summed E-state index contributed by atoms with van der Waals surface area (Å²) in [6, 6.07) is 5.41. The van der Waals surface area contributed by atoms with Gasteiger partial charge in [-0.15, -0.1) is 0 Å². The zero-order valence-electron chi connectivity index (χ0n) is 11.4. The number of fused-ring (bicyclic) bond motifs is 1. The molecule has 2 aromatic rings. The predicted octanol–water partition coefficient (Wildman–Crippen LogP) is 1.11. The highest BCUT2D eigenvalue weighted by Crippen LogP contribution is 2.32. The van der Waals surface area contributed by atoms with E-state index in [1.165, 1.54) is 0 Å². The summed E-state index contributed by atoms with van der Waals surface area (Å²) in [5, 5.41) is 5.59. The van der Waals surface area contributed by atoms with Gasteiger partial charge < -0.3 is 24.7 Å². The summed E-state index contributed by atoms with van der Waals surface area (Å²) in [5.41, 5.74) is 0.962. The summed E-state index contributed by atoms with van der Waals surface area (Å²) in [6.07, 6.45) is 5.28. The Balaban J connectivity index is 1.41. The molecule has 7 heteroatoms. The van der Waals surface area contributed by atoms with Crippen molar-refractivity contribution in [1.82, 2.24) is 20.2 Å². The lowest BCUT2D eigenvalue weighted by Gasteiger charge is -2.08. The number of carbonyl (C=O) groups is 1. The summed E-state index contributed by atoms with van der Waals surface area (Å²) in [5.74, 6) is 1.46. The number of carbonyl (C=O) groups excluding carboxylic acids is 1. The monoisotopic (exact) mass is 288 g/mol. The van der Waals surface area contributed by atoms with Crippen LogP contribution in [0, 0.1) is 0 Å². The van der Waals surface area contributed by atoms with Gasteiger partial charge >= 0.3 is 6.03 Å². The first-order valence-corrected chi connectivity index (χ1v) is 6.67. The SMILES string of the molecule is O=C(NCCn1ccnc1)NCc1ccc2c(c1)OCO2. The Morgan fingerprint density at radius 1 is 1.29 bits per heavy atom. The Kier molecular flexibility index (Phi) is 3.90. The van der Waals surface area contributed by atoms with Gasteiger partial charge in [0.1, 0.15) is 0 Å². The molecule has 1 aliphatic rings. The van der Waals surface area contributed by atoms with E-state index in [0.29, 0.717) is 19.6 Å². The quantitative estimate of drug-likeness (QED) is 0.864. The number of urea groups is 1. The number of ether oxygens (including phenoxy) is 2. The van der Waals surface area contributed by atoms with E-state index in [0.717, 1.165) is 17.1 Å². The number of hydrogen-bond donors (Lipinski definition) is 2. The number of hydrogen-bond acceptors (Lipinski definition) is 4. The largest absolute Gasteiger partial charge is 0.454 e. The van der Waals surface area contributed by atoms with E-state index in [9.17, 15) is 4.79 Å². The number of imidazole rings is 1. The van der Waals surface area contributed by atoms with Crippen LogP contribution in [-0.4, -0.2) is 28.9 Å². The van der Waals surface area contributed by atoms with Crippen LogP contribution in [-0.2, 0) is 13.1 Å². The maximum Gasteiger partial charge on any atom is 0.315 e. The normalized spacial score (nSPS) is 12.2. The van der Waals surface area contributed by atoms with Crippen molar-refractivity contribution in [2.45, 2.75) is 13.1 Å². The predicted molar refractivity (Wildman–Crippen MR) is 75.0 cm³/mol. The molecule has 21 heavy (non-hydrogen) atoms. The summed E-state index contributed by atoms with van der Waals surface area (Å²) in [6.45, 7) is 1.93. The van der Waals surface area contributed by atoms with Gasteiger partial charge in [-0.05, 0) is 17.7 Å². The van der Waals surface area contributed by atoms with Crippen LogP contribution >= 0.6 is 0 Å². The van der Waals surface area contributed by atoms with Crippen LogP contribution in [0.3, 0.4) is 0 Å². The third-order valence-electron chi connectivity index (χ3n) is 3.10. The van der Waals surface area contributed by atoms with Crippen LogP contribution in [0.1, 0.15) is 5.56 Å². The topological polar surface area (TPSA) is 77.4 Å². The lowest BCUT2D eigenvalue weighted by molar-refractivity contribution is 0.174. The molecule has 0 bridgehead atoms. The van der Waals surface area contributed by atoms with E-state index in [1.807, 2.05) is 29.0 Å². The fourth-order valence-electron chi connectivity index (χ4n) is 2.01. The van der Waals surface area contributed by atoms with Gasteiger partial charge in [-0.25, -0.2) is 9.78 Å². The number of aromatic nitrogens is 2. The average Bonchev–Trinajstić information content (AvgIpc) is 3.15. The summed E-state index contributed by atoms with van der Waals surface area (Å²) >= 11 is 0. The molecule has 0 unspecified atom stereocenters. The van der Waals surface area contributed by atoms with Gasteiger partial charge in [0, 0.05) is 32.0 Å². The Hall–Kier alpha value is -2.70. The minimum Gasteiger partial charge on any atom is -0.454 e. The van der Waals surface area contributed by atoms with Gasteiger partial charge in [-0.1, -0.05) is 6.07 Å². The Morgan fingerprint density at radius 2 is 2.19 bits per heavy atom. The molecule has 1 aromatic carbocycles. The van der Waals surface area contributed by atoms with Gasteiger partial charge in [0.15, 0.2) is 11.5 Å². The van der Waals surface area contributed by atoms with Gasteiger partial charge in [0.2, 0.25) is 6.79 Å². The van der Waals surface area contributed by atoms with E-state index in [4.69, 9.17) is 9.47 Å². The molecule has 1 aliphatic heterocycles. The van der Waals surface area contributed by atoms with Gasteiger partial charge in [-0.3, -0.25) is 0 Å². The smallest absolute Gasteiger partial charge is 0.315 e. The molecule has 0 saturated carbocycles. The van der Waals surface area contributed by atoms with E-state index in [-0.39, 0.29) is 12.8 Å². The van der Waals surface area contributed by atoms with Crippen molar-refractivity contribution >= 4 is 6.03 Å². The molecular formula is C14H16N4O3. The number of amides is 2. The zero-order chi connectivity index (χ0) is 14.5. The van der Waals surface area contributed by atoms with Crippen LogP contribution in [0.5, 0.6) is 11.5 Å². The number of nitrogens with zero attached hydrogens (tertiary/aromatic N) is 2. The first-order valence-electron chi connectivity index (χ1n) is 6.67. The van der Waals surface area contributed by atoms with Crippen LogP contribution in [0.2, 0.25) is 0 Å². The zero-order valence-corrected chi connectivity index (χ0v) is 11.4. The second kappa shape index (κ2) is 6.17. The Bertz CT molecular complexity index is 613. The second-order valence-corrected chi connectivity index (χ2v) is 4.60. The van der Waals surface area contributed by atoms with Crippen molar-refractivity contribution in [3.63, 3.8) is 0 Å². The second-order valence-electron chi connectivity index (χ2n) is 4.60. The molecule has 7 nitrogen and oxygen atoms in total. The van der Waals surface area contributed by atoms with Crippen LogP contribution in [0.4, 0.5) is 4.79 Å². The highest BCUT2D eigenvalue weighted by atomic mass is 16.7. The fraction of sp³-hybridized carbons (Fsp3) is 0.286. The summed E-state index contributed by atoms with van der Waals surface area (Å²) in [4.78, 5) is 15.6. The lowest BCUT2D eigenvalue weighted by atomic mass is 10.2. The van der Waals surface area contributed by atoms with Gasteiger partial charge in [-0.2, -0.15) is 0 Å². The third-order valence-corrected chi connectivity index (χ3v) is 3.10. The molecule has 0 spiro atoms. The molecule has 0 aliphatic carbocycles. The maximum atomic E-state index is 11.7. The minimum atomic E-state index is -0.201. The molecule has 3 rings (SSSR count). The third kappa shape index (κ3) is 3.44. The molecule has 0 saturated heterocycles. The van der Waals surface area contributed by atoms with Crippen molar-refractivity contribution in [1.29, 1.82) is 0 Å². The van der Waals surface area contributed by atoms with Crippen LogP contribution in [0.15, 0.2) is 36.9 Å². The van der Waals surface area contributed by atoms with Crippen molar-refractivity contribution in [2.24, 2.45) is 0 Å². The highest BCUT2D eigenvalue weighted by molar-refractivity contribution is 5.73. The van der Waals surface area contributed by atoms with Crippen LogP contribution in [0.25, 0.3) is 0 Å². The van der Waals surface area contributed by atoms with Gasteiger partial charge in [0.05, 0.1) is 6.33 Å². The number of nitrogens with one attached hydrogen (secondary N) is 2. The standard InChI is InChI=1S/C14H16N4O3/c19-14(16-4-6-18-5-3-15-9-18)17-8-11-1-2-12-13(7-11)21-10-20-12/h1-3,5,7,9H,4,6,8,10H2,(H2,16,17,19). The fourth-order valence-corrected chi connectivity index (χ4v) is 2.01. The van der Waals surface area contributed by atoms with Gasteiger partial charge in [0.25, 0.3) is 0 Å². The average molecular weight is 288 g/mol. The first-order chi connectivity index (χ1) is 10.3. The highest BCUT2D eigenvalue weighted by Gasteiger charge is 2.13. The Morgan fingerprint density at radius 3 is 3.05 bits per heavy atom. The molecule has 110 valence electrons. The Labute approximate surface area is 121 Å². The first kappa shape index (κ1) is 13.3. The molecule has 0 atom stereocenters. The van der Waals surface area contributed by atoms with Crippen molar-refractivity contribution in [2.75, 3.05) is 13.3 Å². The van der Waals surface area contributed by atoms with Crippen molar-refractivity contribution in [3.05, 3.63) is 42.5 Å². The van der Waals surface area contributed by atoms with Crippen molar-refractivity contribution < 1.29 is 14.3 Å². The maximum absolute atomic E-state index is 11.7. The molecule has 0 radical (unpaired) electrons. The van der Waals surface area contributed by atoms with E-state index >= 15 is 0 Å². The summed E-state index contributed by atoms with van der Waals surface area (Å²) in [7, 11) is 0. The lowest BCUT2D eigenvalue weighted by Crippen LogP contribution is -2.36. The molecule has 2 heterocycles. The minimum absolute atomic E-state index is 0.201. The van der Waals surface area contributed by atoms with E-state index < -0.39 is 0 Å². The number of rotatable bonds is 5. The molecule has 2 N–H and O–H groups in total. The molecule has 1 aromatic heterocycles. The van der Waals surface area contributed by atoms with E-state index in [2.05, 4.69) is 15.6 Å². The summed E-state index contributed by atoms with van der Waals surface area (Å²) < 4.78 is 12.4. The molecule has 2 amide bonds. The van der Waals surface area contributed by atoms with Crippen molar-refractivity contribution in [3.8, 4) is 11.5 Å². The van der Waals surface area contributed by atoms with Crippen LogP contribution < -0.4 is 20.1 Å².